The predicted molar refractivity (Wildman–Crippen MR) is 59.9 cm³/mol. The van der Waals surface area contributed by atoms with Crippen LogP contribution >= 0.6 is 0 Å². The van der Waals surface area contributed by atoms with Crippen molar-refractivity contribution in [1.82, 2.24) is 9.80 Å². The molecule has 0 saturated carbocycles. The molecular weight excluding hydrogens is 592 g/mol. The van der Waals surface area contributed by atoms with Crippen LogP contribution in [0.4, 0.5) is 87.8 Å². The summed E-state index contributed by atoms with van der Waals surface area (Å²) in [5.74, 6) is -24.4. The van der Waals surface area contributed by atoms with Crippen molar-refractivity contribution in [2.45, 2.75) is 49.1 Å². The van der Waals surface area contributed by atoms with Gasteiger partial charge in [-0.2, -0.15) is 87.8 Å². The van der Waals surface area contributed by atoms with E-state index in [0.717, 1.165) is 0 Å². The van der Waals surface area contributed by atoms with Crippen LogP contribution in [0, 0.1) is 0 Å². The summed E-state index contributed by atoms with van der Waals surface area (Å²) in [6.45, 7) is 0. The SMILES string of the molecule is O=C(OOC(=O)C(F)(F)C(F)(F)N(C(F)(F)F)C(F)(F)F)C(F)(F)C(F)(F)N(C(F)(F)F)C(F)(F)F. The van der Waals surface area contributed by atoms with Gasteiger partial charge >= 0.3 is 61.1 Å². The van der Waals surface area contributed by atoms with Crippen LogP contribution in [0.15, 0.2) is 0 Å². The van der Waals surface area contributed by atoms with E-state index < -0.39 is 70.9 Å². The van der Waals surface area contributed by atoms with Crippen LogP contribution in [0.1, 0.15) is 0 Å². The van der Waals surface area contributed by atoms with Crippen molar-refractivity contribution in [3.8, 4) is 0 Å². The summed E-state index contributed by atoms with van der Waals surface area (Å²) in [4.78, 5) is 16.8. The Morgan fingerprint density at radius 1 is 0.389 bits per heavy atom. The van der Waals surface area contributed by atoms with Gasteiger partial charge in [-0.3, -0.25) is 0 Å². The Morgan fingerprint density at radius 3 is 0.694 bits per heavy atom. The third-order valence-corrected chi connectivity index (χ3v) is 3.04. The lowest BCUT2D eigenvalue weighted by Crippen LogP contribution is -2.67. The van der Waals surface area contributed by atoms with Crippen LogP contribution in [0.25, 0.3) is 0 Å². The molecule has 0 fully saturated rings. The van der Waals surface area contributed by atoms with E-state index in [1.54, 1.807) is 0 Å². The number of halogens is 20. The maximum atomic E-state index is 13.2. The summed E-state index contributed by atoms with van der Waals surface area (Å²) >= 11 is 0. The molecule has 26 heteroatoms. The van der Waals surface area contributed by atoms with Crippen LogP contribution in [-0.4, -0.2) is 70.9 Å². The minimum atomic E-state index is -7.83. The van der Waals surface area contributed by atoms with E-state index in [9.17, 15) is 97.4 Å². The molecule has 0 aliphatic carbocycles. The number of carbonyl (C=O) groups is 2. The predicted octanol–water partition coefficient (Wildman–Crippen LogP) is 5.13. The third kappa shape index (κ3) is 6.23. The molecule has 0 aromatic rings. The molecular formula is C10F20N2O4. The highest BCUT2D eigenvalue weighted by Crippen LogP contribution is 2.50. The average Bonchev–Trinajstić information content (AvgIpc) is 2.52. The second kappa shape index (κ2) is 9.09. The van der Waals surface area contributed by atoms with E-state index in [1.165, 1.54) is 0 Å². The van der Waals surface area contributed by atoms with Crippen molar-refractivity contribution in [3.63, 3.8) is 0 Å². The largest absolute Gasteiger partial charge is 0.472 e. The zero-order chi connectivity index (χ0) is 29.7. The number of hydrogen-bond donors (Lipinski definition) is 0. The molecule has 0 heterocycles. The normalized spacial score (nSPS) is 15.4. The van der Waals surface area contributed by atoms with Crippen molar-refractivity contribution >= 4 is 11.9 Å². The second-order valence-corrected chi connectivity index (χ2v) is 5.52. The van der Waals surface area contributed by atoms with Crippen LogP contribution in [0.5, 0.6) is 0 Å². The number of carbonyl (C=O) groups excluding carboxylic acids is 2. The first-order chi connectivity index (χ1) is 15.3. The molecule has 214 valence electrons. The molecule has 0 atom stereocenters. The average molecular weight is 592 g/mol. The number of alkyl halides is 20. The van der Waals surface area contributed by atoms with Gasteiger partial charge in [-0.15, -0.1) is 0 Å². The van der Waals surface area contributed by atoms with E-state index >= 15 is 0 Å². The van der Waals surface area contributed by atoms with Gasteiger partial charge in [0.15, 0.2) is 0 Å². The Labute approximate surface area is 179 Å². The van der Waals surface area contributed by atoms with E-state index in [4.69, 9.17) is 0 Å². The van der Waals surface area contributed by atoms with E-state index in [0.29, 0.717) is 0 Å². The summed E-state index contributed by atoms with van der Waals surface area (Å²) in [5.41, 5.74) is 0. The van der Waals surface area contributed by atoms with E-state index in [2.05, 4.69) is 0 Å². The van der Waals surface area contributed by atoms with Crippen molar-refractivity contribution in [1.29, 1.82) is 0 Å². The van der Waals surface area contributed by atoms with Gasteiger partial charge in [0, 0.05) is 0 Å². The van der Waals surface area contributed by atoms with Gasteiger partial charge in [-0.05, 0) is 0 Å². The van der Waals surface area contributed by atoms with E-state index in [1.807, 2.05) is 9.78 Å². The number of nitrogens with zero attached hydrogens (tertiary/aromatic N) is 2. The lowest BCUT2D eigenvalue weighted by Gasteiger charge is -2.36. The fraction of sp³-hybridized carbons (Fsp3) is 0.800. The first-order valence-corrected chi connectivity index (χ1v) is 7.10. The van der Waals surface area contributed by atoms with Gasteiger partial charge in [0.05, 0.1) is 0 Å². The van der Waals surface area contributed by atoms with Crippen LogP contribution in [-0.2, 0) is 19.4 Å². The van der Waals surface area contributed by atoms with Gasteiger partial charge in [0.2, 0.25) is 0 Å². The van der Waals surface area contributed by atoms with Crippen molar-refractivity contribution in [3.05, 3.63) is 0 Å². The summed E-state index contributed by atoms with van der Waals surface area (Å²) in [6.07, 6.45) is -30.0. The van der Waals surface area contributed by atoms with Crippen molar-refractivity contribution in [2.75, 3.05) is 0 Å². The molecule has 0 aliphatic heterocycles. The quantitative estimate of drug-likeness (QED) is 0.185. The summed E-state index contributed by atoms with van der Waals surface area (Å²) in [5, 5.41) is 0. The Bertz CT molecular complexity index is 726. The second-order valence-electron chi connectivity index (χ2n) is 5.52. The van der Waals surface area contributed by atoms with Gasteiger partial charge in [-0.25, -0.2) is 19.4 Å². The molecule has 36 heavy (non-hydrogen) atoms. The minimum absolute atomic E-state index is 1.99. The number of hydrogen-bond acceptors (Lipinski definition) is 6. The zero-order valence-electron chi connectivity index (χ0n) is 15.1. The highest BCUT2D eigenvalue weighted by atomic mass is 19.4. The van der Waals surface area contributed by atoms with E-state index in [-0.39, 0.29) is 0 Å². The van der Waals surface area contributed by atoms with Gasteiger partial charge in [-0.1, -0.05) is 9.80 Å². The molecule has 0 saturated heterocycles. The molecule has 0 aliphatic rings. The molecule has 0 aromatic heterocycles. The van der Waals surface area contributed by atoms with Gasteiger partial charge in [0.1, 0.15) is 0 Å². The molecule has 0 radical (unpaired) electrons. The molecule has 0 unspecified atom stereocenters. The monoisotopic (exact) mass is 592 g/mol. The van der Waals surface area contributed by atoms with Gasteiger partial charge < -0.3 is 0 Å². The molecule has 0 N–H and O–H groups in total. The molecule has 0 spiro atoms. The molecule has 0 aromatic carbocycles. The smallest absolute Gasteiger partial charge is 0.240 e. The first-order valence-electron chi connectivity index (χ1n) is 7.10. The summed E-state index contributed by atoms with van der Waals surface area (Å²) in [7, 11) is 0. The lowest BCUT2D eigenvalue weighted by molar-refractivity contribution is -0.470. The molecule has 0 bridgehead atoms. The Hall–Kier alpha value is -2.54. The highest BCUT2D eigenvalue weighted by Gasteiger charge is 2.80. The van der Waals surface area contributed by atoms with Crippen molar-refractivity contribution < 1.29 is 107 Å². The number of rotatable bonds is 6. The van der Waals surface area contributed by atoms with Crippen molar-refractivity contribution in [2.24, 2.45) is 0 Å². The molecule has 6 nitrogen and oxygen atoms in total. The Kier molecular flexibility index (Phi) is 8.45. The topological polar surface area (TPSA) is 59.1 Å². The molecule has 0 rings (SSSR count). The molecule has 0 amide bonds. The third-order valence-electron chi connectivity index (χ3n) is 3.04. The van der Waals surface area contributed by atoms with Crippen LogP contribution < -0.4 is 0 Å². The van der Waals surface area contributed by atoms with Crippen LogP contribution in [0.3, 0.4) is 0 Å². The first kappa shape index (κ1) is 33.5. The lowest BCUT2D eigenvalue weighted by atomic mass is 10.2. The fourth-order valence-corrected chi connectivity index (χ4v) is 1.63. The highest BCUT2D eigenvalue weighted by molar-refractivity contribution is 5.82. The Balaban J connectivity index is 6.10. The summed E-state index contributed by atoms with van der Waals surface area (Å²) in [6, 6.07) is -15.7. The minimum Gasteiger partial charge on any atom is -0.240 e. The fourth-order valence-electron chi connectivity index (χ4n) is 1.63. The summed E-state index contributed by atoms with van der Waals surface area (Å²) < 4.78 is 252. The maximum absolute atomic E-state index is 13.2. The Morgan fingerprint density at radius 2 is 0.556 bits per heavy atom. The standard InChI is InChI=1S/C10F20N2O4/c11-3(12,5(15,16)31(7(19,20)21)8(22,23)24)1(33)35-36-2(34)4(13,14)6(17,18)32(9(25,26)27)10(28,29)30. The van der Waals surface area contributed by atoms with Crippen LogP contribution in [0.2, 0.25) is 0 Å². The maximum Gasteiger partial charge on any atom is 0.472 e. The van der Waals surface area contributed by atoms with Gasteiger partial charge in [0.25, 0.3) is 0 Å². The zero-order valence-corrected chi connectivity index (χ0v) is 15.1.